The molecule has 0 aliphatic rings. The van der Waals surface area contributed by atoms with Crippen molar-refractivity contribution >= 4 is 28.3 Å². The minimum absolute atomic E-state index is 0.501. The van der Waals surface area contributed by atoms with Crippen LogP contribution in [0.2, 0.25) is 0 Å². The Morgan fingerprint density at radius 2 is 2.29 bits per heavy atom. The van der Waals surface area contributed by atoms with Crippen LogP contribution in [-0.4, -0.2) is 19.5 Å². The van der Waals surface area contributed by atoms with E-state index in [2.05, 4.69) is 15.0 Å². The predicted octanol–water partition coefficient (Wildman–Crippen LogP) is 1.83. The topological polar surface area (TPSA) is 69.6 Å². The Morgan fingerprint density at radius 1 is 1.41 bits per heavy atom. The lowest BCUT2D eigenvalue weighted by Gasteiger charge is -2.02. The Morgan fingerprint density at radius 3 is 3.06 bits per heavy atom. The molecule has 0 aliphatic heterocycles. The number of hydrogen-bond acceptors (Lipinski definition) is 5. The van der Waals surface area contributed by atoms with Crippen LogP contribution in [0.3, 0.4) is 0 Å². The maximum Gasteiger partial charge on any atom is 0.201 e. The van der Waals surface area contributed by atoms with Gasteiger partial charge in [0, 0.05) is 17.3 Å². The zero-order valence-electron chi connectivity index (χ0n) is 9.29. The fourth-order valence-electron chi connectivity index (χ4n) is 1.78. The Hall–Kier alpha value is -1.95. The highest BCUT2D eigenvalue weighted by Gasteiger charge is 2.09. The summed E-state index contributed by atoms with van der Waals surface area (Å²) in [5, 5.41) is 1.03. The van der Waals surface area contributed by atoms with E-state index in [4.69, 9.17) is 5.73 Å². The summed E-state index contributed by atoms with van der Waals surface area (Å²) in [6, 6.07) is 1.92. The van der Waals surface area contributed by atoms with Gasteiger partial charge >= 0.3 is 0 Å². The molecule has 0 aliphatic carbocycles. The number of thiazole rings is 1. The van der Waals surface area contributed by atoms with Crippen molar-refractivity contribution in [3.63, 3.8) is 0 Å². The van der Waals surface area contributed by atoms with E-state index in [9.17, 15) is 0 Å². The first-order chi connectivity index (χ1) is 8.24. The molecule has 86 valence electrons. The molecule has 0 saturated heterocycles. The van der Waals surface area contributed by atoms with Crippen molar-refractivity contribution in [1.82, 2.24) is 19.5 Å². The molecule has 0 fully saturated rings. The van der Waals surface area contributed by atoms with Gasteiger partial charge in [0.25, 0.3) is 0 Å². The minimum Gasteiger partial charge on any atom is -0.369 e. The van der Waals surface area contributed by atoms with Crippen LogP contribution >= 0.6 is 11.3 Å². The molecule has 0 spiro atoms. The second kappa shape index (κ2) is 3.81. The number of anilines is 1. The second-order valence-corrected chi connectivity index (χ2v) is 5.10. The molecule has 3 aromatic rings. The van der Waals surface area contributed by atoms with Gasteiger partial charge in [0.1, 0.15) is 10.5 Å². The number of rotatable bonds is 2. The van der Waals surface area contributed by atoms with Crippen LogP contribution in [-0.2, 0) is 6.54 Å². The van der Waals surface area contributed by atoms with Crippen molar-refractivity contribution in [2.24, 2.45) is 0 Å². The molecule has 0 aromatic carbocycles. The Kier molecular flexibility index (Phi) is 2.29. The summed E-state index contributed by atoms with van der Waals surface area (Å²) in [7, 11) is 0. The van der Waals surface area contributed by atoms with Crippen LogP contribution in [0.4, 0.5) is 5.95 Å². The van der Waals surface area contributed by atoms with Gasteiger partial charge in [-0.1, -0.05) is 0 Å². The first-order valence-corrected chi connectivity index (χ1v) is 6.03. The molecule has 0 bridgehead atoms. The van der Waals surface area contributed by atoms with E-state index in [-0.39, 0.29) is 0 Å². The first-order valence-electron chi connectivity index (χ1n) is 5.21. The van der Waals surface area contributed by atoms with Crippen molar-refractivity contribution in [2.75, 3.05) is 5.73 Å². The average molecular weight is 245 g/mol. The van der Waals surface area contributed by atoms with Gasteiger partial charge < -0.3 is 10.3 Å². The summed E-state index contributed by atoms with van der Waals surface area (Å²) in [6.45, 7) is 2.70. The summed E-state index contributed by atoms with van der Waals surface area (Å²) in [6.07, 6.45) is 5.33. The summed E-state index contributed by atoms with van der Waals surface area (Å²) >= 11 is 1.67. The molecule has 3 aromatic heterocycles. The van der Waals surface area contributed by atoms with Gasteiger partial charge in [0.2, 0.25) is 5.95 Å². The van der Waals surface area contributed by atoms with Crippen molar-refractivity contribution in [1.29, 1.82) is 0 Å². The third kappa shape index (κ3) is 1.76. The van der Waals surface area contributed by atoms with Crippen molar-refractivity contribution in [3.8, 4) is 0 Å². The third-order valence-electron chi connectivity index (χ3n) is 2.54. The standard InChI is InChI=1S/C11H11N5S/c1-7-4-14-10(17-7)6-16-9-2-3-13-5-8(9)15-11(16)12/h2-5H,6H2,1H3,(H2,12,15). The molecule has 0 atom stereocenters. The van der Waals surface area contributed by atoms with Crippen LogP contribution in [0, 0.1) is 6.92 Å². The maximum absolute atomic E-state index is 5.91. The maximum atomic E-state index is 5.91. The summed E-state index contributed by atoms with van der Waals surface area (Å²) < 4.78 is 1.95. The van der Waals surface area contributed by atoms with Gasteiger partial charge in [-0.2, -0.15) is 0 Å². The number of hydrogen-bond donors (Lipinski definition) is 1. The first kappa shape index (κ1) is 10.2. The minimum atomic E-state index is 0.501. The molecular weight excluding hydrogens is 234 g/mol. The van der Waals surface area contributed by atoms with Crippen LogP contribution in [0.1, 0.15) is 9.88 Å². The fourth-order valence-corrected chi connectivity index (χ4v) is 2.55. The van der Waals surface area contributed by atoms with E-state index in [1.807, 2.05) is 23.8 Å². The van der Waals surface area contributed by atoms with Crippen LogP contribution in [0.15, 0.2) is 24.7 Å². The molecule has 5 nitrogen and oxygen atoms in total. The average Bonchev–Trinajstić information content (AvgIpc) is 2.85. The van der Waals surface area contributed by atoms with E-state index in [0.29, 0.717) is 12.5 Å². The van der Waals surface area contributed by atoms with E-state index in [0.717, 1.165) is 16.0 Å². The van der Waals surface area contributed by atoms with E-state index in [1.165, 1.54) is 4.88 Å². The van der Waals surface area contributed by atoms with Gasteiger partial charge in [0.15, 0.2) is 0 Å². The van der Waals surface area contributed by atoms with E-state index < -0.39 is 0 Å². The molecule has 17 heavy (non-hydrogen) atoms. The van der Waals surface area contributed by atoms with E-state index in [1.54, 1.807) is 23.7 Å². The van der Waals surface area contributed by atoms with Crippen LogP contribution < -0.4 is 5.73 Å². The van der Waals surface area contributed by atoms with Crippen LogP contribution in [0.25, 0.3) is 11.0 Å². The van der Waals surface area contributed by atoms with Crippen molar-refractivity contribution in [3.05, 3.63) is 34.5 Å². The zero-order valence-corrected chi connectivity index (χ0v) is 10.1. The molecule has 0 saturated carbocycles. The van der Waals surface area contributed by atoms with E-state index >= 15 is 0 Å². The Balaban J connectivity index is 2.08. The monoisotopic (exact) mass is 245 g/mol. The highest BCUT2D eigenvalue weighted by Crippen LogP contribution is 2.20. The smallest absolute Gasteiger partial charge is 0.201 e. The number of nitrogen functional groups attached to an aromatic ring is 1. The van der Waals surface area contributed by atoms with Gasteiger partial charge in [-0.3, -0.25) is 4.98 Å². The fraction of sp³-hybridized carbons (Fsp3) is 0.182. The molecule has 0 amide bonds. The second-order valence-electron chi connectivity index (χ2n) is 3.79. The van der Waals surface area contributed by atoms with Gasteiger partial charge in [-0.05, 0) is 13.0 Å². The quantitative estimate of drug-likeness (QED) is 0.747. The van der Waals surface area contributed by atoms with Crippen LogP contribution in [0.5, 0.6) is 0 Å². The number of aromatic nitrogens is 4. The summed E-state index contributed by atoms with van der Waals surface area (Å²) in [4.78, 5) is 13.8. The number of nitrogens with two attached hydrogens (primary N) is 1. The Labute approximate surface area is 102 Å². The van der Waals surface area contributed by atoms with Gasteiger partial charge in [-0.25, -0.2) is 9.97 Å². The molecule has 2 N–H and O–H groups in total. The largest absolute Gasteiger partial charge is 0.369 e. The number of aryl methyl sites for hydroxylation is 1. The van der Waals surface area contributed by atoms with Crippen molar-refractivity contribution in [2.45, 2.75) is 13.5 Å². The lowest BCUT2D eigenvalue weighted by molar-refractivity contribution is 0.829. The SMILES string of the molecule is Cc1cnc(Cn2c(N)nc3cnccc32)s1. The summed E-state index contributed by atoms with van der Waals surface area (Å²) in [5.74, 6) is 0.501. The molecule has 3 heterocycles. The number of pyridine rings is 1. The van der Waals surface area contributed by atoms with Gasteiger partial charge in [-0.15, -0.1) is 11.3 Å². The molecular formula is C11H11N5S. The Bertz CT molecular complexity index is 669. The predicted molar refractivity (Wildman–Crippen MR) is 67.9 cm³/mol. The molecule has 0 unspecified atom stereocenters. The number of imidazole rings is 1. The normalized spacial score (nSPS) is 11.1. The summed E-state index contributed by atoms with van der Waals surface area (Å²) in [5.41, 5.74) is 7.72. The third-order valence-corrected chi connectivity index (χ3v) is 3.44. The highest BCUT2D eigenvalue weighted by molar-refractivity contribution is 7.11. The highest BCUT2D eigenvalue weighted by atomic mass is 32.1. The number of fused-ring (bicyclic) bond motifs is 1. The molecule has 6 heteroatoms. The number of nitrogens with zero attached hydrogens (tertiary/aromatic N) is 4. The van der Waals surface area contributed by atoms with Crippen molar-refractivity contribution < 1.29 is 0 Å². The zero-order chi connectivity index (χ0) is 11.8. The molecule has 0 radical (unpaired) electrons. The molecule has 3 rings (SSSR count). The lowest BCUT2D eigenvalue weighted by atomic mass is 10.4. The lowest BCUT2D eigenvalue weighted by Crippen LogP contribution is -2.04. The van der Waals surface area contributed by atoms with Gasteiger partial charge in [0.05, 0.1) is 18.3 Å².